The molecule has 23 heavy (non-hydrogen) atoms. The highest BCUT2D eigenvalue weighted by molar-refractivity contribution is 7.99. The minimum atomic E-state index is -0.829. The lowest BCUT2D eigenvalue weighted by Crippen LogP contribution is -2.36. The largest absolute Gasteiger partial charge is 0.389 e. The van der Waals surface area contributed by atoms with Crippen molar-refractivity contribution in [2.24, 2.45) is 0 Å². The number of carbonyl (C=O) groups is 1. The van der Waals surface area contributed by atoms with Crippen LogP contribution in [0.25, 0.3) is 0 Å². The van der Waals surface area contributed by atoms with E-state index in [2.05, 4.69) is 5.32 Å². The van der Waals surface area contributed by atoms with Crippen LogP contribution in [0.2, 0.25) is 0 Å². The average molecular weight is 332 g/mol. The van der Waals surface area contributed by atoms with Gasteiger partial charge in [-0.25, -0.2) is 0 Å². The first-order valence-electron chi connectivity index (χ1n) is 7.45. The Labute approximate surface area is 139 Å². The zero-order chi connectivity index (χ0) is 16.7. The van der Waals surface area contributed by atoms with E-state index in [4.69, 9.17) is 0 Å². The van der Waals surface area contributed by atoms with E-state index in [-0.39, 0.29) is 24.6 Å². The van der Waals surface area contributed by atoms with Crippen molar-refractivity contribution in [3.63, 3.8) is 0 Å². The Bertz CT molecular complexity index is 715. The Hall–Kier alpha value is -2.05. The lowest BCUT2D eigenvalue weighted by Gasteiger charge is -2.14. The molecule has 0 aliphatic rings. The van der Waals surface area contributed by atoms with Crippen LogP contribution in [0.4, 0.5) is 0 Å². The molecule has 1 amide bonds. The van der Waals surface area contributed by atoms with E-state index in [1.807, 2.05) is 25.1 Å². The summed E-state index contributed by atoms with van der Waals surface area (Å²) in [6.45, 7) is 2.26. The monoisotopic (exact) mass is 332 g/mol. The standard InChI is InChI=1S/C17H20N2O3S/c1-2-23-15-8-4-3-7-14(15)17(22)18-11-13(20)12-19-10-6-5-9-16(19)21/h3-10,13,20H,2,11-12H2,1H3,(H,18,22). The Morgan fingerprint density at radius 1 is 1.26 bits per heavy atom. The Kier molecular flexibility index (Phi) is 6.43. The quantitative estimate of drug-likeness (QED) is 0.758. The number of thioether (sulfide) groups is 1. The van der Waals surface area contributed by atoms with Gasteiger partial charge in [0.1, 0.15) is 0 Å². The van der Waals surface area contributed by atoms with Crippen LogP contribution in [0.5, 0.6) is 0 Å². The first kappa shape index (κ1) is 17.3. The zero-order valence-corrected chi connectivity index (χ0v) is 13.8. The molecule has 122 valence electrons. The fourth-order valence-electron chi connectivity index (χ4n) is 2.14. The SMILES string of the molecule is CCSc1ccccc1C(=O)NCC(O)Cn1ccccc1=O. The Morgan fingerprint density at radius 3 is 2.74 bits per heavy atom. The van der Waals surface area contributed by atoms with Crippen LogP contribution in [0.15, 0.2) is 58.4 Å². The van der Waals surface area contributed by atoms with Gasteiger partial charge in [0.05, 0.1) is 18.2 Å². The summed E-state index contributed by atoms with van der Waals surface area (Å²) in [6, 6.07) is 12.2. The average Bonchev–Trinajstić information content (AvgIpc) is 2.55. The normalized spacial score (nSPS) is 11.9. The van der Waals surface area contributed by atoms with Crippen molar-refractivity contribution in [1.29, 1.82) is 0 Å². The summed E-state index contributed by atoms with van der Waals surface area (Å²) in [4.78, 5) is 24.8. The number of hydrogen-bond donors (Lipinski definition) is 2. The summed E-state index contributed by atoms with van der Waals surface area (Å²) in [5.74, 6) is 0.658. The van der Waals surface area contributed by atoms with E-state index in [1.54, 1.807) is 36.2 Å². The molecule has 1 aromatic carbocycles. The van der Waals surface area contributed by atoms with Gasteiger partial charge in [-0.1, -0.05) is 25.1 Å². The van der Waals surface area contributed by atoms with Gasteiger partial charge in [-0.3, -0.25) is 9.59 Å². The van der Waals surface area contributed by atoms with E-state index in [0.29, 0.717) is 5.56 Å². The molecule has 1 unspecified atom stereocenters. The van der Waals surface area contributed by atoms with Gasteiger partial charge in [0.25, 0.3) is 11.5 Å². The Morgan fingerprint density at radius 2 is 2.00 bits per heavy atom. The lowest BCUT2D eigenvalue weighted by atomic mass is 10.2. The summed E-state index contributed by atoms with van der Waals surface area (Å²) in [5, 5.41) is 12.7. The second-order valence-corrected chi connectivity index (χ2v) is 6.29. The third kappa shape index (κ3) is 4.97. The molecule has 1 aromatic heterocycles. The van der Waals surface area contributed by atoms with E-state index in [1.165, 1.54) is 10.6 Å². The molecule has 6 heteroatoms. The maximum Gasteiger partial charge on any atom is 0.252 e. The van der Waals surface area contributed by atoms with Crippen LogP contribution < -0.4 is 10.9 Å². The smallest absolute Gasteiger partial charge is 0.252 e. The van der Waals surface area contributed by atoms with Gasteiger partial charge in [-0.15, -0.1) is 11.8 Å². The molecule has 2 rings (SSSR count). The molecule has 0 bridgehead atoms. The topological polar surface area (TPSA) is 71.3 Å². The van der Waals surface area contributed by atoms with Crippen LogP contribution in [0.1, 0.15) is 17.3 Å². The predicted molar refractivity (Wildman–Crippen MR) is 91.9 cm³/mol. The predicted octanol–water partition coefficient (Wildman–Crippen LogP) is 1.75. The van der Waals surface area contributed by atoms with Gasteiger partial charge in [0, 0.05) is 23.7 Å². The maximum absolute atomic E-state index is 12.3. The molecular formula is C17H20N2O3S. The summed E-state index contributed by atoms with van der Waals surface area (Å²) < 4.78 is 1.41. The minimum absolute atomic E-state index is 0.0886. The van der Waals surface area contributed by atoms with Crippen molar-refractivity contribution in [2.75, 3.05) is 12.3 Å². The van der Waals surface area contributed by atoms with Crippen molar-refractivity contribution in [1.82, 2.24) is 9.88 Å². The number of carbonyl (C=O) groups excluding carboxylic acids is 1. The summed E-state index contributed by atoms with van der Waals surface area (Å²) >= 11 is 1.60. The molecule has 2 aromatic rings. The summed E-state index contributed by atoms with van der Waals surface area (Å²) in [6.07, 6.45) is 0.783. The molecule has 0 saturated heterocycles. The summed E-state index contributed by atoms with van der Waals surface area (Å²) in [5.41, 5.74) is 0.422. The molecular weight excluding hydrogens is 312 g/mol. The van der Waals surface area contributed by atoms with Crippen LogP contribution in [-0.4, -0.2) is 34.0 Å². The summed E-state index contributed by atoms with van der Waals surface area (Å²) in [7, 11) is 0. The maximum atomic E-state index is 12.3. The molecule has 0 aliphatic carbocycles. The molecule has 1 atom stereocenters. The van der Waals surface area contributed by atoms with Crippen LogP contribution in [0.3, 0.4) is 0 Å². The van der Waals surface area contributed by atoms with Crippen molar-refractivity contribution in [2.45, 2.75) is 24.5 Å². The number of aliphatic hydroxyl groups is 1. The highest BCUT2D eigenvalue weighted by atomic mass is 32.2. The van der Waals surface area contributed by atoms with Gasteiger partial charge >= 0.3 is 0 Å². The molecule has 1 heterocycles. The van der Waals surface area contributed by atoms with Crippen molar-refractivity contribution in [3.05, 3.63) is 64.6 Å². The van der Waals surface area contributed by atoms with E-state index >= 15 is 0 Å². The highest BCUT2D eigenvalue weighted by Gasteiger charge is 2.13. The number of benzene rings is 1. The van der Waals surface area contributed by atoms with Gasteiger partial charge in [-0.05, 0) is 24.0 Å². The van der Waals surface area contributed by atoms with Crippen molar-refractivity contribution in [3.8, 4) is 0 Å². The molecule has 0 spiro atoms. The second kappa shape index (κ2) is 8.55. The highest BCUT2D eigenvalue weighted by Crippen LogP contribution is 2.21. The number of nitrogens with one attached hydrogen (secondary N) is 1. The molecule has 0 fully saturated rings. The third-order valence-corrected chi connectivity index (χ3v) is 4.19. The van der Waals surface area contributed by atoms with Gasteiger partial charge < -0.3 is 15.0 Å². The second-order valence-electron chi connectivity index (χ2n) is 4.98. The third-order valence-electron chi connectivity index (χ3n) is 3.24. The number of rotatable bonds is 7. The van der Waals surface area contributed by atoms with Crippen LogP contribution in [-0.2, 0) is 6.54 Å². The lowest BCUT2D eigenvalue weighted by molar-refractivity contribution is 0.0900. The van der Waals surface area contributed by atoms with Gasteiger partial charge in [-0.2, -0.15) is 0 Å². The first-order chi connectivity index (χ1) is 11.1. The number of hydrogen-bond acceptors (Lipinski definition) is 4. The molecule has 0 saturated carbocycles. The van der Waals surface area contributed by atoms with E-state index in [9.17, 15) is 14.7 Å². The number of nitrogens with zero attached hydrogens (tertiary/aromatic N) is 1. The van der Waals surface area contributed by atoms with Gasteiger partial charge in [0.15, 0.2) is 0 Å². The molecule has 2 N–H and O–H groups in total. The van der Waals surface area contributed by atoms with Crippen molar-refractivity contribution >= 4 is 17.7 Å². The fraction of sp³-hybridized carbons (Fsp3) is 0.294. The first-order valence-corrected chi connectivity index (χ1v) is 8.44. The zero-order valence-electron chi connectivity index (χ0n) is 12.9. The number of pyridine rings is 1. The van der Waals surface area contributed by atoms with E-state index < -0.39 is 6.10 Å². The number of aliphatic hydroxyl groups excluding tert-OH is 1. The Balaban J connectivity index is 1.94. The fourth-order valence-corrected chi connectivity index (χ4v) is 2.95. The number of amides is 1. The van der Waals surface area contributed by atoms with Gasteiger partial charge in [0.2, 0.25) is 0 Å². The van der Waals surface area contributed by atoms with Crippen LogP contribution >= 0.6 is 11.8 Å². The minimum Gasteiger partial charge on any atom is -0.389 e. The molecule has 0 radical (unpaired) electrons. The molecule has 5 nitrogen and oxygen atoms in total. The van der Waals surface area contributed by atoms with Crippen molar-refractivity contribution < 1.29 is 9.90 Å². The van der Waals surface area contributed by atoms with E-state index in [0.717, 1.165) is 10.6 Å². The number of aromatic nitrogens is 1. The van der Waals surface area contributed by atoms with Crippen LogP contribution in [0, 0.1) is 0 Å². The molecule has 0 aliphatic heterocycles.